The van der Waals surface area contributed by atoms with Crippen LogP contribution in [0.15, 0.2) is 28.2 Å². The van der Waals surface area contributed by atoms with Crippen LogP contribution in [0.25, 0.3) is 0 Å². The Morgan fingerprint density at radius 1 is 1.47 bits per heavy atom. The summed E-state index contributed by atoms with van der Waals surface area (Å²) in [6.07, 6.45) is 1.79. The van der Waals surface area contributed by atoms with E-state index in [1.807, 2.05) is 12.1 Å². The van der Waals surface area contributed by atoms with Crippen LogP contribution in [0.3, 0.4) is 0 Å². The number of nitrogens with zero attached hydrogens (tertiary/aromatic N) is 3. The lowest BCUT2D eigenvalue weighted by Crippen LogP contribution is -1.99. The van der Waals surface area contributed by atoms with E-state index in [9.17, 15) is 0 Å². The van der Waals surface area contributed by atoms with Gasteiger partial charge in [0.05, 0.1) is 5.69 Å². The minimum absolute atomic E-state index is 0.483. The molecule has 78 valence electrons. The predicted molar refractivity (Wildman–Crippen MR) is 61.6 cm³/mol. The summed E-state index contributed by atoms with van der Waals surface area (Å²) in [6, 6.07) is 4.02. The molecule has 15 heavy (non-hydrogen) atoms. The molecular formula is C9H10N4S2. The molecule has 0 unspecified atom stereocenters. The summed E-state index contributed by atoms with van der Waals surface area (Å²) < 4.78 is 0.987. The van der Waals surface area contributed by atoms with E-state index in [0.29, 0.717) is 6.54 Å². The third-order valence-corrected chi connectivity index (χ3v) is 3.72. The normalized spacial score (nSPS) is 10.5. The molecule has 0 saturated carbocycles. The van der Waals surface area contributed by atoms with Crippen LogP contribution in [-0.2, 0) is 12.3 Å². The van der Waals surface area contributed by atoms with Gasteiger partial charge in [-0.05, 0) is 17.7 Å². The molecule has 2 aromatic heterocycles. The van der Waals surface area contributed by atoms with E-state index in [0.717, 1.165) is 15.8 Å². The monoisotopic (exact) mass is 238 g/mol. The molecule has 0 aliphatic carbocycles. The van der Waals surface area contributed by atoms with Gasteiger partial charge < -0.3 is 5.73 Å². The van der Waals surface area contributed by atoms with Gasteiger partial charge in [-0.1, -0.05) is 23.1 Å². The Balaban J connectivity index is 1.98. The van der Waals surface area contributed by atoms with Crippen LogP contribution in [0, 0.1) is 0 Å². The molecule has 2 N–H and O–H groups in total. The molecule has 0 aliphatic heterocycles. The molecule has 4 nitrogen and oxygen atoms in total. The van der Waals surface area contributed by atoms with Gasteiger partial charge in [0.15, 0.2) is 4.34 Å². The Labute approximate surface area is 95.9 Å². The standard InChI is InChI=1S/C9H10N4S2/c10-4-8-3-7(1-2-11-8)5-14-9-13-12-6-15-9/h1-3,6H,4-5,10H2. The highest BCUT2D eigenvalue weighted by Gasteiger charge is 2.00. The largest absolute Gasteiger partial charge is 0.325 e. The third kappa shape index (κ3) is 2.98. The molecule has 6 heteroatoms. The van der Waals surface area contributed by atoms with Crippen molar-refractivity contribution in [2.24, 2.45) is 5.73 Å². The van der Waals surface area contributed by atoms with Crippen molar-refractivity contribution in [1.29, 1.82) is 0 Å². The second-order valence-electron chi connectivity index (χ2n) is 2.85. The highest BCUT2D eigenvalue weighted by molar-refractivity contribution is 8.00. The van der Waals surface area contributed by atoms with Crippen molar-refractivity contribution in [2.75, 3.05) is 0 Å². The fraction of sp³-hybridized carbons (Fsp3) is 0.222. The molecule has 0 aliphatic rings. The SMILES string of the molecule is NCc1cc(CSc2nncs2)ccn1. The van der Waals surface area contributed by atoms with Gasteiger partial charge >= 0.3 is 0 Å². The van der Waals surface area contributed by atoms with Gasteiger partial charge in [0.25, 0.3) is 0 Å². The summed E-state index contributed by atoms with van der Waals surface area (Å²) in [7, 11) is 0. The zero-order valence-electron chi connectivity index (χ0n) is 7.96. The predicted octanol–water partition coefficient (Wildman–Crippen LogP) is 1.68. The number of pyridine rings is 1. The first-order chi connectivity index (χ1) is 7.38. The van der Waals surface area contributed by atoms with Crippen LogP contribution in [-0.4, -0.2) is 15.2 Å². The zero-order chi connectivity index (χ0) is 10.5. The van der Waals surface area contributed by atoms with Crippen LogP contribution in [0.4, 0.5) is 0 Å². The highest BCUT2D eigenvalue weighted by atomic mass is 32.2. The molecule has 0 fully saturated rings. The maximum atomic E-state index is 5.52. The maximum Gasteiger partial charge on any atom is 0.174 e. The maximum absolute atomic E-state index is 5.52. The van der Waals surface area contributed by atoms with E-state index in [1.165, 1.54) is 5.56 Å². The summed E-state index contributed by atoms with van der Waals surface area (Å²) in [4.78, 5) is 4.14. The lowest BCUT2D eigenvalue weighted by atomic mass is 10.2. The molecule has 0 saturated heterocycles. The number of aromatic nitrogens is 3. The average Bonchev–Trinajstić information content (AvgIpc) is 2.79. The first-order valence-corrected chi connectivity index (χ1v) is 6.28. The van der Waals surface area contributed by atoms with Crippen LogP contribution in [0.1, 0.15) is 11.3 Å². The molecule has 0 spiro atoms. The van der Waals surface area contributed by atoms with Gasteiger partial charge in [-0.25, -0.2) is 0 Å². The first-order valence-electron chi connectivity index (χ1n) is 4.41. The summed E-state index contributed by atoms with van der Waals surface area (Å²) >= 11 is 3.23. The zero-order valence-corrected chi connectivity index (χ0v) is 9.59. The molecule has 0 atom stereocenters. The van der Waals surface area contributed by atoms with E-state index < -0.39 is 0 Å². The first kappa shape index (κ1) is 10.5. The lowest BCUT2D eigenvalue weighted by molar-refractivity contribution is 0.982. The fourth-order valence-corrected chi connectivity index (χ4v) is 2.53. The summed E-state index contributed by atoms with van der Waals surface area (Å²) in [5.74, 6) is 0.880. The van der Waals surface area contributed by atoms with Crippen molar-refractivity contribution in [1.82, 2.24) is 15.2 Å². The van der Waals surface area contributed by atoms with Crippen LogP contribution in [0.2, 0.25) is 0 Å². The molecule has 2 aromatic rings. The van der Waals surface area contributed by atoms with Gasteiger partial charge in [-0.15, -0.1) is 10.2 Å². The second-order valence-corrected chi connectivity index (χ2v) is 4.91. The van der Waals surface area contributed by atoms with Gasteiger partial charge in [-0.2, -0.15) is 0 Å². The van der Waals surface area contributed by atoms with Gasteiger partial charge in [0, 0.05) is 18.5 Å². The average molecular weight is 238 g/mol. The summed E-state index contributed by atoms with van der Waals surface area (Å²) in [6.45, 7) is 0.483. The summed E-state index contributed by atoms with van der Waals surface area (Å²) in [5.41, 5.74) is 9.39. The number of rotatable bonds is 4. The number of nitrogens with two attached hydrogens (primary N) is 1. The molecule has 2 heterocycles. The van der Waals surface area contributed by atoms with E-state index in [4.69, 9.17) is 5.73 Å². The van der Waals surface area contributed by atoms with Gasteiger partial charge in [-0.3, -0.25) is 4.98 Å². The Kier molecular flexibility index (Phi) is 3.65. The number of hydrogen-bond donors (Lipinski definition) is 1. The quantitative estimate of drug-likeness (QED) is 0.821. The smallest absolute Gasteiger partial charge is 0.174 e. The fourth-order valence-electron chi connectivity index (χ4n) is 1.10. The highest BCUT2D eigenvalue weighted by Crippen LogP contribution is 2.23. The Bertz CT molecular complexity index is 416. The molecule has 0 bridgehead atoms. The number of thioether (sulfide) groups is 1. The van der Waals surface area contributed by atoms with Crippen LogP contribution >= 0.6 is 23.1 Å². The van der Waals surface area contributed by atoms with Crippen molar-refractivity contribution < 1.29 is 0 Å². The van der Waals surface area contributed by atoms with Gasteiger partial charge in [0.1, 0.15) is 5.51 Å². The van der Waals surface area contributed by atoms with Crippen LogP contribution in [0.5, 0.6) is 0 Å². The molecular weight excluding hydrogens is 228 g/mol. The molecule has 0 radical (unpaired) electrons. The lowest BCUT2D eigenvalue weighted by Gasteiger charge is -2.00. The summed E-state index contributed by atoms with van der Waals surface area (Å²) in [5, 5.41) is 7.75. The topological polar surface area (TPSA) is 64.7 Å². The van der Waals surface area contributed by atoms with E-state index in [2.05, 4.69) is 15.2 Å². The van der Waals surface area contributed by atoms with Gasteiger partial charge in [0.2, 0.25) is 0 Å². The Morgan fingerprint density at radius 3 is 3.13 bits per heavy atom. The van der Waals surface area contributed by atoms with Crippen molar-refractivity contribution >= 4 is 23.1 Å². The minimum atomic E-state index is 0.483. The van der Waals surface area contributed by atoms with E-state index in [-0.39, 0.29) is 0 Å². The second kappa shape index (κ2) is 5.20. The molecule has 0 amide bonds. The van der Waals surface area contributed by atoms with Crippen molar-refractivity contribution in [3.05, 3.63) is 35.1 Å². The molecule has 2 rings (SSSR count). The van der Waals surface area contributed by atoms with Crippen LogP contribution < -0.4 is 5.73 Å². The van der Waals surface area contributed by atoms with Crippen molar-refractivity contribution in [2.45, 2.75) is 16.6 Å². The Hall–Kier alpha value is -0.980. The molecule has 0 aromatic carbocycles. The third-order valence-electron chi connectivity index (χ3n) is 1.79. The van der Waals surface area contributed by atoms with Crippen molar-refractivity contribution in [3.8, 4) is 0 Å². The van der Waals surface area contributed by atoms with Crippen molar-refractivity contribution in [3.63, 3.8) is 0 Å². The van der Waals surface area contributed by atoms with E-state index >= 15 is 0 Å². The Morgan fingerprint density at radius 2 is 2.40 bits per heavy atom. The van der Waals surface area contributed by atoms with E-state index in [1.54, 1.807) is 34.8 Å². The minimum Gasteiger partial charge on any atom is -0.325 e. The number of hydrogen-bond acceptors (Lipinski definition) is 6.